The lowest BCUT2D eigenvalue weighted by atomic mass is 9.97. The van der Waals surface area contributed by atoms with Crippen molar-refractivity contribution in [3.8, 4) is 0 Å². The van der Waals surface area contributed by atoms with Crippen molar-refractivity contribution in [2.75, 3.05) is 6.61 Å². The second-order valence-corrected chi connectivity index (χ2v) is 4.52. The predicted molar refractivity (Wildman–Crippen MR) is 61.8 cm³/mol. The zero-order valence-corrected chi connectivity index (χ0v) is 10.5. The highest BCUT2D eigenvalue weighted by Gasteiger charge is 2.44. The number of nitrogens with one attached hydrogen (secondary N) is 1. The van der Waals surface area contributed by atoms with Crippen LogP contribution in [-0.4, -0.2) is 69.4 Å². The summed E-state index contributed by atoms with van der Waals surface area (Å²) in [5.74, 6) is -0.701. The average Bonchev–Trinajstić information content (AvgIpc) is 2.36. The maximum absolute atomic E-state index is 11.5. The summed E-state index contributed by atoms with van der Waals surface area (Å²) in [6.07, 6.45) is -5.58. The van der Waals surface area contributed by atoms with Crippen molar-refractivity contribution in [1.29, 1.82) is 0 Å². The monoisotopic (exact) mass is 277 g/mol. The molecule has 0 spiro atoms. The number of carbonyl (C=O) groups excluding carboxylic acids is 2. The molecule has 1 unspecified atom stereocenters. The van der Waals surface area contributed by atoms with Crippen LogP contribution in [0.1, 0.15) is 19.8 Å². The van der Waals surface area contributed by atoms with Gasteiger partial charge in [-0.15, -0.1) is 0 Å². The van der Waals surface area contributed by atoms with Crippen LogP contribution < -0.4 is 5.32 Å². The van der Waals surface area contributed by atoms with E-state index in [0.717, 1.165) is 0 Å². The lowest BCUT2D eigenvalue weighted by Crippen LogP contribution is -2.64. The van der Waals surface area contributed by atoms with Gasteiger partial charge in [-0.25, -0.2) is 0 Å². The number of rotatable bonds is 5. The number of ketones is 1. The summed E-state index contributed by atoms with van der Waals surface area (Å²) in [6, 6.07) is -1.21. The molecule has 0 saturated carbocycles. The Morgan fingerprint density at radius 1 is 1.16 bits per heavy atom. The number of hydrogen-bond donors (Lipinski definition) is 5. The van der Waals surface area contributed by atoms with Crippen LogP contribution >= 0.6 is 0 Å². The fourth-order valence-electron chi connectivity index (χ4n) is 1.80. The number of amides is 1. The highest BCUT2D eigenvalue weighted by molar-refractivity contribution is 5.83. The second kappa shape index (κ2) is 6.92. The summed E-state index contributed by atoms with van der Waals surface area (Å²) < 4.78 is 4.87. The molecular formula is C11H19NO7. The molecule has 1 amide bonds. The molecule has 1 rings (SSSR count). The molecule has 0 aromatic heterocycles. The van der Waals surface area contributed by atoms with Crippen LogP contribution in [0.15, 0.2) is 0 Å². The summed E-state index contributed by atoms with van der Waals surface area (Å²) >= 11 is 0. The molecule has 1 heterocycles. The van der Waals surface area contributed by atoms with E-state index in [4.69, 9.17) is 9.84 Å². The van der Waals surface area contributed by atoms with Gasteiger partial charge in [0.15, 0.2) is 6.29 Å². The largest absolute Gasteiger partial charge is 0.394 e. The molecule has 5 atom stereocenters. The summed E-state index contributed by atoms with van der Waals surface area (Å²) in [5, 5.41) is 40.1. The molecule has 8 heteroatoms. The van der Waals surface area contributed by atoms with E-state index >= 15 is 0 Å². The molecule has 0 radical (unpaired) electrons. The van der Waals surface area contributed by atoms with E-state index in [1.807, 2.05) is 0 Å². The Kier molecular flexibility index (Phi) is 5.83. The van der Waals surface area contributed by atoms with Crippen LogP contribution in [0.5, 0.6) is 0 Å². The third-order valence-corrected chi connectivity index (χ3v) is 2.93. The molecule has 1 aliphatic rings. The zero-order valence-electron chi connectivity index (χ0n) is 10.5. The van der Waals surface area contributed by atoms with Crippen molar-refractivity contribution in [3.05, 3.63) is 0 Å². The second-order valence-electron chi connectivity index (χ2n) is 4.52. The number of hydrogen-bond acceptors (Lipinski definition) is 7. The Morgan fingerprint density at radius 2 is 1.79 bits per heavy atom. The minimum atomic E-state index is -1.54. The normalized spacial score (nSPS) is 34.9. The van der Waals surface area contributed by atoms with E-state index < -0.39 is 43.2 Å². The van der Waals surface area contributed by atoms with Crippen LogP contribution in [-0.2, 0) is 14.3 Å². The fourth-order valence-corrected chi connectivity index (χ4v) is 1.80. The van der Waals surface area contributed by atoms with Gasteiger partial charge in [-0.1, -0.05) is 0 Å². The quantitative estimate of drug-likeness (QED) is 0.368. The van der Waals surface area contributed by atoms with E-state index in [-0.39, 0.29) is 18.6 Å². The molecule has 19 heavy (non-hydrogen) atoms. The molecular weight excluding hydrogens is 258 g/mol. The van der Waals surface area contributed by atoms with Gasteiger partial charge in [0.05, 0.1) is 6.61 Å². The first-order valence-corrected chi connectivity index (χ1v) is 5.96. The van der Waals surface area contributed by atoms with Gasteiger partial charge in [-0.3, -0.25) is 4.79 Å². The number of aliphatic hydroxyl groups is 4. The first-order valence-electron chi connectivity index (χ1n) is 5.96. The van der Waals surface area contributed by atoms with E-state index in [0.29, 0.717) is 0 Å². The molecule has 0 aromatic carbocycles. The van der Waals surface area contributed by atoms with Gasteiger partial charge in [0.25, 0.3) is 0 Å². The lowest BCUT2D eigenvalue weighted by molar-refractivity contribution is -0.253. The predicted octanol–water partition coefficient (Wildman–Crippen LogP) is -2.73. The molecule has 1 fully saturated rings. The van der Waals surface area contributed by atoms with Gasteiger partial charge in [-0.05, 0) is 6.92 Å². The van der Waals surface area contributed by atoms with Gasteiger partial charge in [-0.2, -0.15) is 0 Å². The van der Waals surface area contributed by atoms with Crippen LogP contribution in [0, 0.1) is 0 Å². The zero-order chi connectivity index (χ0) is 14.6. The maximum Gasteiger partial charge on any atom is 0.220 e. The van der Waals surface area contributed by atoms with E-state index in [2.05, 4.69) is 5.32 Å². The Labute approximate surface area is 110 Å². The third kappa shape index (κ3) is 4.22. The highest BCUT2D eigenvalue weighted by Crippen LogP contribution is 2.19. The molecule has 0 bridgehead atoms. The minimum Gasteiger partial charge on any atom is -0.394 e. The fraction of sp³-hybridized carbons (Fsp3) is 0.818. The third-order valence-electron chi connectivity index (χ3n) is 2.93. The van der Waals surface area contributed by atoms with E-state index in [1.165, 1.54) is 6.92 Å². The van der Waals surface area contributed by atoms with E-state index in [9.17, 15) is 24.9 Å². The van der Waals surface area contributed by atoms with Crippen molar-refractivity contribution in [1.82, 2.24) is 5.32 Å². The molecule has 110 valence electrons. The maximum atomic E-state index is 11.5. The Bertz CT molecular complexity index is 335. The van der Waals surface area contributed by atoms with Gasteiger partial charge in [0, 0.05) is 12.8 Å². The number of aliphatic hydroxyl groups excluding tert-OH is 4. The van der Waals surface area contributed by atoms with Crippen LogP contribution in [0.25, 0.3) is 0 Å². The molecule has 1 saturated heterocycles. The summed E-state index contributed by atoms with van der Waals surface area (Å²) in [5.41, 5.74) is 0. The number of Topliss-reactive ketones (excluding diaryl/α,β-unsaturated/α-hetero) is 1. The molecule has 5 N–H and O–H groups in total. The lowest BCUT2D eigenvalue weighted by Gasteiger charge is -2.40. The molecule has 0 aliphatic carbocycles. The minimum absolute atomic E-state index is 0.0490. The SMILES string of the molecule is CC(=O)CCC(=O)N[C@@H]1[C@@H](O)[C@H](O)C(CO)O[C@@H]1O. The Hall–Kier alpha value is -1.06. The first-order chi connectivity index (χ1) is 8.86. The van der Waals surface area contributed by atoms with Gasteiger partial charge >= 0.3 is 0 Å². The number of ether oxygens (including phenoxy) is 1. The summed E-state index contributed by atoms with van der Waals surface area (Å²) in [7, 11) is 0. The van der Waals surface area contributed by atoms with E-state index in [1.54, 1.807) is 0 Å². The first kappa shape index (κ1) is 16.0. The van der Waals surface area contributed by atoms with Crippen LogP contribution in [0.4, 0.5) is 0 Å². The van der Waals surface area contributed by atoms with Gasteiger partial charge in [0.1, 0.15) is 30.1 Å². The average molecular weight is 277 g/mol. The Balaban J connectivity index is 2.57. The van der Waals surface area contributed by atoms with Crippen molar-refractivity contribution < 1.29 is 34.8 Å². The molecule has 1 aliphatic heterocycles. The van der Waals surface area contributed by atoms with Crippen molar-refractivity contribution in [3.63, 3.8) is 0 Å². The standard InChI is InChI=1S/C11H19NO7/c1-5(14)2-3-7(15)12-8-10(17)9(16)6(4-13)19-11(8)18/h6,8-11,13,16-18H,2-4H2,1H3,(H,12,15)/t6?,8-,9-,10-,11+/m1/s1. The van der Waals surface area contributed by atoms with Gasteiger partial charge < -0.3 is 35.3 Å². The summed E-state index contributed by atoms with van der Waals surface area (Å²) in [4.78, 5) is 22.2. The van der Waals surface area contributed by atoms with Crippen molar-refractivity contribution in [2.24, 2.45) is 0 Å². The Morgan fingerprint density at radius 3 is 2.32 bits per heavy atom. The number of carbonyl (C=O) groups is 2. The summed E-state index contributed by atoms with van der Waals surface area (Å²) in [6.45, 7) is 0.774. The van der Waals surface area contributed by atoms with Crippen LogP contribution in [0.3, 0.4) is 0 Å². The van der Waals surface area contributed by atoms with Gasteiger partial charge in [0.2, 0.25) is 5.91 Å². The molecule has 8 nitrogen and oxygen atoms in total. The van der Waals surface area contributed by atoms with Crippen LogP contribution in [0.2, 0.25) is 0 Å². The topological polar surface area (TPSA) is 136 Å². The van der Waals surface area contributed by atoms with Crippen molar-refractivity contribution >= 4 is 11.7 Å². The molecule has 0 aromatic rings. The smallest absolute Gasteiger partial charge is 0.220 e. The van der Waals surface area contributed by atoms with Crippen molar-refractivity contribution in [2.45, 2.75) is 50.4 Å². The highest BCUT2D eigenvalue weighted by atomic mass is 16.6.